The van der Waals surface area contributed by atoms with E-state index in [1.807, 2.05) is 48.7 Å². The van der Waals surface area contributed by atoms with Crippen molar-refractivity contribution in [3.63, 3.8) is 0 Å². The molecule has 1 aromatic carbocycles. The summed E-state index contributed by atoms with van der Waals surface area (Å²) in [4.78, 5) is 18.7. The van der Waals surface area contributed by atoms with Gasteiger partial charge in [-0.05, 0) is 42.5 Å². The maximum Gasteiger partial charge on any atom is 0.263 e. The van der Waals surface area contributed by atoms with Crippen molar-refractivity contribution >= 4 is 28.6 Å². The number of amides is 1. The molecule has 2 aromatic heterocycles. The quantitative estimate of drug-likeness (QED) is 0.624. The summed E-state index contributed by atoms with van der Waals surface area (Å²) in [5.41, 5.74) is 1.89. The summed E-state index contributed by atoms with van der Waals surface area (Å²) in [5, 5.41) is 5.88. The van der Waals surface area contributed by atoms with Crippen LogP contribution in [0.5, 0.6) is 5.75 Å². The summed E-state index contributed by atoms with van der Waals surface area (Å²) >= 11 is 3.06. The maximum absolute atomic E-state index is 12.4. The van der Waals surface area contributed by atoms with Gasteiger partial charge in [-0.2, -0.15) is 0 Å². The zero-order valence-electron chi connectivity index (χ0n) is 14.3. The minimum absolute atomic E-state index is 0.0724. The maximum atomic E-state index is 12.4. The molecule has 6 heteroatoms. The van der Waals surface area contributed by atoms with Crippen LogP contribution in [-0.2, 0) is 6.42 Å². The van der Waals surface area contributed by atoms with Crippen molar-refractivity contribution < 1.29 is 9.53 Å². The first kappa shape index (κ1) is 18.2. The molecule has 1 N–H and O–H groups in total. The monoisotopic (exact) mass is 382 g/mol. The summed E-state index contributed by atoms with van der Waals surface area (Å²) in [6.45, 7) is 2.70. The van der Waals surface area contributed by atoms with E-state index in [-0.39, 0.29) is 12.5 Å². The largest absolute Gasteiger partial charge is 0.481 e. The topological polar surface area (TPSA) is 51.2 Å². The van der Waals surface area contributed by atoms with Crippen LogP contribution in [0.2, 0.25) is 0 Å². The molecule has 4 nitrogen and oxygen atoms in total. The minimum atomic E-state index is -0.0724. The first-order valence-electron chi connectivity index (χ1n) is 8.12. The molecule has 0 spiro atoms. The number of terminal acetylenes is 1. The second-order valence-corrected chi connectivity index (χ2v) is 7.50. The Balaban J connectivity index is 1.54. The fourth-order valence-corrected chi connectivity index (χ4v) is 4.17. The van der Waals surface area contributed by atoms with Crippen LogP contribution in [0.4, 0.5) is 0 Å². The Morgan fingerprint density at radius 1 is 1.31 bits per heavy atom. The molecule has 3 rings (SSSR count). The lowest BCUT2D eigenvalue weighted by molar-refractivity contribution is 0.0957. The van der Waals surface area contributed by atoms with Gasteiger partial charge >= 0.3 is 0 Å². The number of thiophene rings is 1. The van der Waals surface area contributed by atoms with E-state index in [2.05, 4.69) is 16.2 Å². The highest BCUT2D eigenvalue weighted by Crippen LogP contribution is 2.30. The normalized spacial score (nSPS) is 10.3. The van der Waals surface area contributed by atoms with Gasteiger partial charge in [0.2, 0.25) is 0 Å². The standard InChI is InChI=1S/C20H18N2O2S2/c1-3-12-24-16-8-6-15(7-9-16)10-11-21-19(23)18-14(2)22-20(26-18)17-5-4-13-25-17/h1,4-9,13H,10-12H2,2H3,(H,21,23). The summed E-state index contributed by atoms with van der Waals surface area (Å²) in [7, 11) is 0. The molecule has 0 unspecified atom stereocenters. The Labute approximate surface area is 160 Å². The van der Waals surface area contributed by atoms with Gasteiger partial charge in [0.05, 0.1) is 10.6 Å². The summed E-state index contributed by atoms with van der Waals surface area (Å²) in [6, 6.07) is 11.7. The molecule has 3 aromatic rings. The van der Waals surface area contributed by atoms with Crippen LogP contribution in [0.1, 0.15) is 20.9 Å². The van der Waals surface area contributed by atoms with Crippen LogP contribution in [0.3, 0.4) is 0 Å². The molecule has 0 aliphatic rings. The van der Waals surface area contributed by atoms with Crippen molar-refractivity contribution in [1.82, 2.24) is 10.3 Å². The van der Waals surface area contributed by atoms with Gasteiger partial charge in [-0.15, -0.1) is 29.1 Å². The zero-order valence-corrected chi connectivity index (χ0v) is 16.0. The third kappa shape index (κ3) is 4.51. The molecule has 0 radical (unpaired) electrons. The van der Waals surface area contributed by atoms with Crippen molar-refractivity contribution in [2.45, 2.75) is 13.3 Å². The van der Waals surface area contributed by atoms with E-state index in [9.17, 15) is 4.79 Å². The lowest BCUT2D eigenvalue weighted by Gasteiger charge is -2.06. The molecule has 0 saturated heterocycles. The van der Waals surface area contributed by atoms with Crippen molar-refractivity contribution in [3.05, 3.63) is 57.9 Å². The molecule has 0 fully saturated rings. The van der Waals surface area contributed by atoms with Gasteiger partial charge in [-0.3, -0.25) is 4.79 Å². The van der Waals surface area contributed by atoms with E-state index in [4.69, 9.17) is 11.2 Å². The number of aryl methyl sites for hydroxylation is 1. The summed E-state index contributed by atoms with van der Waals surface area (Å²) in [6.07, 6.45) is 5.92. The van der Waals surface area contributed by atoms with Gasteiger partial charge < -0.3 is 10.1 Å². The Bertz CT molecular complexity index is 906. The van der Waals surface area contributed by atoms with Crippen LogP contribution < -0.4 is 10.1 Å². The van der Waals surface area contributed by atoms with Gasteiger partial charge in [0.15, 0.2) is 0 Å². The fraction of sp³-hybridized carbons (Fsp3) is 0.200. The number of aromatic nitrogens is 1. The van der Waals surface area contributed by atoms with Crippen molar-refractivity contribution in [1.29, 1.82) is 0 Å². The second-order valence-electron chi connectivity index (χ2n) is 5.55. The highest BCUT2D eigenvalue weighted by Gasteiger charge is 2.16. The van der Waals surface area contributed by atoms with Gasteiger partial charge in [-0.25, -0.2) is 4.98 Å². The molecular weight excluding hydrogens is 364 g/mol. The average Bonchev–Trinajstić information content (AvgIpc) is 3.30. The molecule has 0 atom stereocenters. The van der Waals surface area contributed by atoms with E-state index in [1.165, 1.54) is 11.3 Å². The van der Waals surface area contributed by atoms with Gasteiger partial charge in [-0.1, -0.05) is 24.1 Å². The van der Waals surface area contributed by atoms with Crippen molar-refractivity contribution in [2.24, 2.45) is 0 Å². The number of thiazole rings is 1. The smallest absolute Gasteiger partial charge is 0.263 e. The van der Waals surface area contributed by atoms with Crippen molar-refractivity contribution in [2.75, 3.05) is 13.2 Å². The number of hydrogen-bond donors (Lipinski definition) is 1. The van der Waals surface area contributed by atoms with E-state index in [0.717, 1.165) is 33.3 Å². The summed E-state index contributed by atoms with van der Waals surface area (Å²) in [5.74, 6) is 3.11. The van der Waals surface area contributed by atoms with E-state index >= 15 is 0 Å². The van der Waals surface area contributed by atoms with E-state index in [1.54, 1.807) is 11.3 Å². The molecule has 0 bridgehead atoms. The van der Waals surface area contributed by atoms with E-state index in [0.29, 0.717) is 11.4 Å². The van der Waals surface area contributed by atoms with Crippen LogP contribution in [0.15, 0.2) is 41.8 Å². The van der Waals surface area contributed by atoms with Gasteiger partial charge in [0.1, 0.15) is 22.2 Å². The predicted octanol–water partition coefficient (Wildman–Crippen LogP) is 4.16. The first-order chi connectivity index (χ1) is 12.7. The van der Waals surface area contributed by atoms with Crippen LogP contribution in [0, 0.1) is 19.3 Å². The molecule has 0 aliphatic heterocycles. The molecule has 1 amide bonds. The minimum Gasteiger partial charge on any atom is -0.481 e. The number of carbonyl (C=O) groups excluding carboxylic acids is 1. The third-order valence-electron chi connectivity index (χ3n) is 3.68. The zero-order chi connectivity index (χ0) is 18.4. The highest BCUT2D eigenvalue weighted by atomic mass is 32.1. The highest BCUT2D eigenvalue weighted by molar-refractivity contribution is 7.22. The number of nitrogens with zero attached hydrogens (tertiary/aromatic N) is 1. The molecule has 0 saturated carbocycles. The average molecular weight is 383 g/mol. The SMILES string of the molecule is C#CCOc1ccc(CCNC(=O)c2sc(-c3cccs3)nc2C)cc1. The Morgan fingerprint density at radius 3 is 2.81 bits per heavy atom. The van der Waals surface area contributed by atoms with Gasteiger partial charge in [0.25, 0.3) is 5.91 Å². The number of ether oxygens (including phenoxy) is 1. The first-order valence-corrected chi connectivity index (χ1v) is 9.81. The Morgan fingerprint density at radius 2 is 2.12 bits per heavy atom. The summed E-state index contributed by atoms with van der Waals surface area (Å²) < 4.78 is 5.35. The van der Waals surface area contributed by atoms with Crippen LogP contribution in [-0.4, -0.2) is 24.0 Å². The molecular formula is C20H18N2O2S2. The number of hydrogen-bond acceptors (Lipinski definition) is 5. The number of benzene rings is 1. The Hall–Kier alpha value is -2.62. The van der Waals surface area contributed by atoms with E-state index < -0.39 is 0 Å². The van der Waals surface area contributed by atoms with Gasteiger partial charge in [0, 0.05) is 6.54 Å². The molecule has 26 heavy (non-hydrogen) atoms. The predicted molar refractivity (Wildman–Crippen MR) is 107 cm³/mol. The second kappa shape index (κ2) is 8.65. The molecule has 132 valence electrons. The van der Waals surface area contributed by atoms with Crippen LogP contribution >= 0.6 is 22.7 Å². The van der Waals surface area contributed by atoms with Crippen molar-refractivity contribution in [3.8, 4) is 28.0 Å². The van der Waals surface area contributed by atoms with Crippen LogP contribution in [0.25, 0.3) is 9.88 Å². The lowest BCUT2D eigenvalue weighted by Crippen LogP contribution is -2.25. The fourth-order valence-electron chi connectivity index (χ4n) is 2.39. The third-order valence-corrected chi connectivity index (χ3v) is 5.87. The number of nitrogens with one attached hydrogen (secondary N) is 1. The lowest BCUT2D eigenvalue weighted by atomic mass is 10.1. The number of rotatable bonds is 7. The molecule has 2 heterocycles. The Kier molecular flexibility index (Phi) is 6.05. The molecule has 0 aliphatic carbocycles. The number of carbonyl (C=O) groups is 1.